The quantitative estimate of drug-likeness (QED) is 0.352. The number of alkyl carbamates (subject to hydrolysis) is 1. The van der Waals surface area contributed by atoms with E-state index in [1.807, 2.05) is 30.3 Å². The van der Waals surface area contributed by atoms with Gasteiger partial charge in [0, 0.05) is 36.9 Å². The van der Waals surface area contributed by atoms with Gasteiger partial charge in [-0.3, -0.25) is 9.59 Å². The Hall–Kier alpha value is -5.44. The van der Waals surface area contributed by atoms with Crippen molar-refractivity contribution in [2.45, 2.75) is 32.3 Å². The van der Waals surface area contributed by atoms with E-state index in [0.717, 1.165) is 16.7 Å². The minimum Gasteiger partial charge on any atom is -0.445 e. The van der Waals surface area contributed by atoms with Crippen molar-refractivity contribution in [2.75, 3.05) is 6.54 Å². The van der Waals surface area contributed by atoms with Crippen molar-refractivity contribution in [3.8, 4) is 47.4 Å². The zero-order chi connectivity index (χ0) is 27.0. The topological polar surface area (TPSA) is 102 Å². The lowest BCUT2D eigenvalue weighted by molar-refractivity contribution is -0.197. The first-order valence-electron chi connectivity index (χ1n) is 11.6. The van der Waals surface area contributed by atoms with Crippen molar-refractivity contribution in [1.29, 1.82) is 0 Å². The van der Waals surface area contributed by atoms with Crippen molar-refractivity contribution >= 4 is 23.9 Å². The van der Waals surface area contributed by atoms with E-state index in [1.54, 1.807) is 24.3 Å². The van der Waals surface area contributed by atoms with Crippen LogP contribution in [0.15, 0.2) is 54.6 Å². The summed E-state index contributed by atoms with van der Waals surface area (Å²) in [5.41, 5.74) is 2.40. The summed E-state index contributed by atoms with van der Waals surface area (Å²) in [6.07, 6.45) is -0.386. The van der Waals surface area contributed by atoms with Gasteiger partial charge in [-0.15, -0.1) is 5.06 Å². The minimum absolute atomic E-state index is 0.0342. The Bertz CT molecular complexity index is 1420. The summed E-state index contributed by atoms with van der Waals surface area (Å²) in [6.45, 7) is 0.218. The summed E-state index contributed by atoms with van der Waals surface area (Å²) in [6, 6.07) is 16.6. The van der Waals surface area contributed by atoms with Crippen LogP contribution in [-0.4, -0.2) is 35.5 Å². The maximum Gasteiger partial charge on any atom is 0.407 e. The molecular weight excluding hydrogens is 484 g/mol. The molecule has 0 bridgehead atoms. The van der Waals surface area contributed by atoms with E-state index >= 15 is 0 Å². The molecule has 1 fully saturated rings. The first-order valence-corrected chi connectivity index (χ1v) is 11.6. The van der Waals surface area contributed by atoms with Crippen molar-refractivity contribution < 1.29 is 28.8 Å². The van der Waals surface area contributed by atoms with E-state index in [-0.39, 0.29) is 38.8 Å². The van der Waals surface area contributed by atoms with Crippen LogP contribution in [0.1, 0.15) is 42.4 Å². The van der Waals surface area contributed by atoms with Crippen LogP contribution in [0.2, 0.25) is 0 Å². The number of nitrogens with one attached hydrogen (secondary N) is 1. The fourth-order valence-corrected chi connectivity index (χ4v) is 2.97. The van der Waals surface area contributed by atoms with Gasteiger partial charge in [-0.2, -0.15) is 0 Å². The monoisotopic (exact) mass is 506 g/mol. The average Bonchev–Trinajstić information content (AvgIpc) is 3.24. The molecule has 0 aliphatic carbocycles. The number of rotatable bonds is 7. The van der Waals surface area contributed by atoms with Crippen LogP contribution in [0.25, 0.3) is 0 Å². The summed E-state index contributed by atoms with van der Waals surface area (Å²) in [5.74, 6) is 20.0. The normalized spacial score (nSPS) is 11.3. The summed E-state index contributed by atoms with van der Waals surface area (Å²) in [7, 11) is 0. The van der Waals surface area contributed by atoms with Crippen LogP contribution in [0.4, 0.5) is 4.79 Å². The Morgan fingerprint density at radius 3 is 2.00 bits per heavy atom. The third kappa shape index (κ3) is 9.67. The number of carbonyl (C=O) groups excluding carboxylic acids is 4. The number of benzene rings is 2. The summed E-state index contributed by atoms with van der Waals surface area (Å²) in [4.78, 5) is 51.1. The fourth-order valence-electron chi connectivity index (χ4n) is 2.97. The van der Waals surface area contributed by atoms with Gasteiger partial charge in [0.25, 0.3) is 11.8 Å². The molecule has 3 amide bonds. The highest BCUT2D eigenvalue weighted by atomic mass is 16.7. The Labute approximate surface area is 220 Å². The second kappa shape index (κ2) is 14.8. The molecular formula is C30H22N2O6. The van der Waals surface area contributed by atoms with Crippen LogP contribution >= 0.6 is 0 Å². The number of hydroxylamine groups is 2. The van der Waals surface area contributed by atoms with E-state index in [0.29, 0.717) is 5.06 Å². The highest BCUT2D eigenvalue weighted by Gasteiger charge is 2.32. The summed E-state index contributed by atoms with van der Waals surface area (Å²) >= 11 is 0. The van der Waals surface area contributed by atoms with Gasteiger partial charge in [0.2, 0.25) is 0 Å². The summed E-state index contributed by atoms with van der Waals surface area (Å²) < 4.78 is 5.14. The second-order valence-electron chi connectivity index (χ2n) is 7.71. The van der Waals surface area contributed by atoms with Gasteiger partial charge in [0.15, 0.2) is 0 Å². The van der Waals surface area contributed by atoms with Gasteiger partial charge in [0.05, 0.1) is 0 Å². The number of carbonyl (C=O) groups is 4. The molecule has 188 valence electrons. The maximum absolute atomic E-state index is 11.8. The lowest BCUT2D eigenvalue weighted by atomic mass is 10.1. The highest BCUT2D eigenvalue weighted by Crippen LogP contribution is 2.13. The molecule has 1 heterocycles. The lowest BCUT2D eigenvalue weighted by Crippen LogP contribution is -2.32. The van der Waals surface area contributed by atoms with E-state index in [2.05, 4.69) is 52.7 Å². The van der Waals surface area contributed by atoms with Crippen LogP contribution < -0.4 is 5.32 Å². The maximum atomic E-state index is 11.8. The molecule has 0 aromatic heterocycles. The first kappa shape index (κ1) is 27.2. The largest absolute Gasteiger partial charge is 0.445 e. The molecule has 8 nitrogen and oxygen atoms in total. The SMILES string of the molecule is O=C(CCCNC(=O)OCc1ccc(C#CC#CC#CC#Cc2ccccc2)cc1)ON1C(=O)CCC1=O. The van der Waals surface area contributed by atoms with Crippen molar-refractivity contribution in [2.24, 2.45) is 0 Å². The average molecular weight is 507 g/mol. The lowest BCUT2D eigenvalue weighted by Gasteiger charge is -2.12. The van der Waals surface area contributed by atoms with Gasteiger partial charge < -0.3 is 14.9 Å². The number of imide groups is 1. The fraction of sp³-hybridized carbons (Fsp3) is 0.200. The standard InChI is InChI=1S/C30H22N2O6/c33-27-20-21-28(34)32(27)38-29(35)15-10-22-31-30(36)37-23-26-18-16-25(17-19-26)14-7-4-2-1-3-6-11-24-12-8-5-9-13-24/h5,8-9,12-13,16-19H,10,15,20-23H2,(H,31,36). The van der Waals surface area contributed by atoms with Crippen molar-refractivity contribution in [1.82, 2.24) is 10.4 Å². The molecule has 1 aliphatic heterocycles. The zero-order valence-corrected chi connectivity index (χ0v) is 20.3. The van der Waals surface area contributed by atoms with Gasteiger partial charge in [0.1, 0.15) is 6.61 Å². The van der Waals surface area contributed by atoms with Crippen molar-refractivity contribution in [3.63, 3.8) is 0 Å². The van der Waals surface area contributed by atoms with Crippen LogP contribution in [-0.2, 0) is 30.6 Å². The summed E-state index contributed by atoms with van der Waals surface area (Å²) in [5, 5.41) is 3.01. The molecule has 1 N–H and O–H groups in total. The number of hydrogen-bond donors (Lipinski definition) is 1. The Balaban J connectivity index is 1.31. The zero-order valence-electron chi connectivity index (χ0n) is 20.3. The minimum atomic E-state index is -0.723. The molecule has 0 saturated carbocycles. The molecule has 0 radical (unpaired) electrons. The Morgan fingerprint density at radius 1 is 0.789 bits per heavy atom. The van der Waals surface area contributed by atoms with Gasteiger partial charge in [-0.1, -0.05) is 42.2 Å². The Kier molecular flexibility index (Phi) is 10.6. The van der Waals surface area contributed by atoms with Crippen LogP contribution in [0.3, 0.4) is 0 Å². The molecule has 0 atom stereocenters. The van der Waals surface area contributed by atoms with E-state index in [4.69, 9.17) is 9.57 Å². The smallest absolute Gasteiger partial charge is 0.407 e. The third-order valence-electron chi connectivity index (χ3n) is 4.85. The second-order valence-corrected chi connectivity index (χ2v) is 7.71. The van der Waals surface area contributed by atoms with Gasteiger partial charge in [-0.05, 0) is 71.8 Å². The molecule has 1 aliphatic rings. The predicted molar refractivity (Wildman–Crippen MR) is 137 cm³/mol. The van der Waals surface area contributed by atoms with Crippen molar-refractivity contribution in [3.05, 3.63) is 71.3 Å². The molecule has 8 heteroatoms. The number of ether oxygens (including phenoxy) is 1. The molecule has 0 spiro atoms. The predicted octanol–water partition coefficient (Wildman–Crippen LogP) is 2.71. The number of nitrogens with zero attached hydrogens (tertiary/aromatic N) is 1. The van der Waals surface area contributed by atoms with Crippen LogP contribution in [0, 0.1) is 47.4 Å². The molecule has 3 rings (SSSR count). The van der Waals surface area contributed by atoms with E-state index in [1.165, 1.54) is 0 Å². The Morgan fingerprint density at radius 2 is 1.37 bits per heavy atom. The molecule has 2 aromatic rings. The molecule has 2 aromatic carbocycles. The number of hydrogen-bond acceptors (Lipinski definition) is 6. The first-order chi connectivity index (χ1) is 18.5. The molecule has 38 heavy (non-hydrogen) atoms. The highest BCUT2D eigenvalue weighted by molar-refractivity contribution is 6.01. The molecule has 1 saturated heterocycles. The van der Waals surface area contributed by atoms with E-state index < -0.39 is 23.9 Å². The van der Waals surface area contributed by atoms with E-state index in [9.17, 15) is 19.2 Å². The van der Waals surface area contributed by atoms with Gasteiger partial charge >= 0.3 is 12.1 Å². The molecule has 0 unspecified atom stereocenters. The van der Waals surface area contributed by atoms with Crippen LogP contribution in [0.5, 0.6) is 0 Å². The number of amides is 3. The third-order valence-corrected chi connectivity index (χ3v) is 4.85. The van der Waals surface area contributed by atoms with Gasteiger partial charge in [-0.25, -0.2) is 9.59 Å².